The van der Waals surface area contributed by atoms with Gasteiger partial charge < -0.3 is 16.2 Å². The number of thiocarbonyl (C=S) groups is 1. The molecule has 0 spiro atoms. The largest absolute Gasteiger partial charge is 0.465 e. The molecule has 1 amide bonds. The van der Waals surface area contributed by atoms with Gasteiger partial charge in [-0.15, -0.1) is 23.5 Å². The molecule has 1 fully saturated rings. The van der Waals surface area contributed by atoms with Crippen molar-refractivity contribution in [2.45, 2.75) is 17.0 Å². The number of halogens is 1. The second-order valence-electron chi connectivity index (χ2n) is 4.87. The summed E-state index contributed by atoms with van der Waals surface area (Å²) in [4.78, 5) is 11.3. The highest BCUT2D eigenvalue weighted by Crippen LogP contribution is 2.35. The van der Waals surface area contributed by atoms with E-state index in [1.54, 1.807) is 23.5 Å². The van der Waals surface area contributed by atoms with Crippen LogP contribution in [0.5, 0.6) is 0 Å². The Morgan fingerprint density at radius 2 is 2.00 bits per heavy atom. The smallest absolute Gasteiger partial charge is 0.405 e. The van der Waals surface area contributed by atoms with E-state index in [1.165, 1.54) is 24.3 Å². The van der Waals surface area contributed by atoms with Crippen LogP contribution >= 0.6 is 35.7 Å². The summed E-state index contributed by atoms with van der Waals surface area (Å²) in [5.74, 6) is 1.51. The second kappa shape index (κ2) is 9.09. The van der Waals surface area contributed by atoms with Crippen LogP contribution in [-0.4, -0.2) is 38.1 Å². The average Bonchev–Trinajstić information content (AvgIpc) is 2.55. The summed E-state index contributed by atoms with van der Waals surface area (Å²) in [5.41, 5.74) is 9.12. The number of thioether (sulfide) groups is 2. The molecule has 1 unspecified atom stereocenters. The van der Waals surface area contributed by atoms with Gasteiger partial charge in [-0.05, 0) is 47.8 Å². The van der Waals surface area contributed by atoms with Gasteiger partial charge in [-0.1, -0.05) is 12.1 Å². The minimum atomic E-state index is -1.20. The Labute approximate surface area is 152 Å². The van der Waals surface area contributed by atoms with Crippen molar-refractivity contribution in [1.82, 2.24) is 10.7 Å². The molecule has 6 nitrogen and oxygen atoms in total. The van der Waals surface area contributed by atoms with E-state index < -0.39 is 18.0 Å². The molecule has 1 aromatic rings. The first-order chi connectivity index (χ1) is 11.5. The zero-order chi connectivity index (χ0) is 17.5. The number of hydrogen-bond acceptors (Lipinski definition) is 5. The lowest BCUT2D eigenvalue weighted by molar-refractivity contribution is 0.192. The molecule has 0 radical (unpaired) electrons. The lowest BCUT2D eigenvalue weighted by Crippen LogP contribution is -2.39. The third-order valence-corrected chi connectivity index (χ3v) is 6.18. The Morgan fingerprint density at radius 1 is 1.38 bits per heavy atom. The highest BCUT2D eigenvalue weighted by atomic mass is 32.2. The van der Waals surface area contributed by atoms with Gasteiger partial charge in [-0.2, -0.15) is 5.10 Å². The van der Waals surface area contributed by atoms with Crippen molar-refractivity contribution >= 4 is 52.7 Å². The maximum Gasteiger partial charge on any atom is 0.405 e. The average molecular weight is 389 g/mol. The number of benzene rings is 1. The number of hydrazone groups is 1. The van der Waals surface area contributed by atoms with Crippen molar-refractivity contribution in [3.8, 4) is 0 Å². The van der Waals surface area contributed by atoms with Crippen LogP contribution < -0.4 is 16.5 Å². The van der Waals surface area contributed by atoms with Crippen LogP contribution in [-0.2, 0) is 0 Å². The highest BCUT2D eigenvalue weighted by molar-refractivity contribution is 8.18. The van der Waals surface area contributed by atoms with Crippen LogP contribution in [0.4, 0.5) is 9.18 Å². The van der Waals surface area contributed by atoms with E-state index in [-0.39, 0.29) is 9.69 Å². The summed E-state index contributed by atoms with van der Waals surface area (Å²) >= 11 is 8.14. The van der Waals surface area contributed by atoms with Crippen molar-refractivity contribution in [3.63, 3.8) is 0 Å². The summed E-state index contributed by atoms with van der Waals surface area (Å²) < 4.78 is 13.1. The predicted molar refractivity (Wildman–Crippen MR) is 101 cm³/mol. The normalized spacial score (nSPS) is 17.1. The number of carbonyl (C=O) groups is 1. The lowest BCUT2D eigenvalue weighted by atomic mass is 10.0. The molecule has 0 aliphatic carbocycles. The Balaban J connectivity index is 2.38. The molecule has 2 rings (SSSR count). The predicted octanol–water partition coefficient (Wildman–Crippen LogP) is 2.52. The first-order valence-corrected chi connectivity index (χ1v) is 9.59. The summed E-state index contributed by atoms with van der Waals surface area (Å²) in [6, 6.07) is 4.90. The first-order valence-electron chi connectivity index (χ1n) is 7.08. The molecule has 1 aliphatic heterocycles. The van der Waals surface area contributed by atoms with Gasteiger partial charge in [-0.25, -0.2) is 9.18 Å². The van der Waals surface area contributed by atoms with Crippen LogP contribution in [0.2, 0.25) is 0 Å². The highest BCUT2D eigenvalue weighted by Gasteiger charge is 2.30. The van der Waals surface area contributed by atoms with Gasteiger partial charge in [0.25, 0.3) is 0 Å². The molecule has 24 heavy (non-hydrogen) atoms. The Kier molecular flexibility index (Phi) is 7.13. The van der Waals surface area contributed by atoms with Crippen LogP contribution in [0.3, 0.4) is 0 Å². The molecule has 5 N–H and O–H groups in total. The molecular formula is C14H17FN4O2S3. The van der Waals surface area contributed by atoms with Gasteiger partial charge in [-0.3, -0.25) is 5.43 Å². The molecule has 0 bridgehead atoms. The molecule has 1 saturated heterocycles. The topological polar surface area (TPSA) is 99.7 Å². The van der Waals surface area contributed by atoms with E-state index in [1.807, 2.05) is 0 Å². The van der Waals surface area contributed by atoms with Crippen LogP contribution in [0, 0.1) is 5.82 Å². The minimum absolute atomic E-state index is 0.00788. The fourth-order valence-electron chi connectivity index (χ4n) is 2.14. The second-order valence-corrected chi connectivity index (χ2v) is 8.04. The van der Waals surface area contributed by atoms with Crippen molar-refractivity contribution in [1.29, 1.82) is 0 Å². The number of nitrogens with zero attached hydrogens (tertiary/aromatic N) is 1. The number of carboxylic acid groups (broad SMARTS) is 1. The molecule has 1 heterocycles. The lowest BCUT2D eigenvalue weighted by Gasteiger charge is -2.28. The third kappa shape index (κ3) is 5.53. The molecule has 10 heteroatoms. The summed E-state index contributed by atoms with van der Waals surface area (Å²) in [6.07, 6.45) is -0.117. The van der Waals surface area contributed by atoms with Crippen LogP contribution in [0.1, 0.15) is 18.0 Å². The number of amides is 1. The minimum Gasteiger partial charge on any atom is -0.465 e. The number of rotatable bonds is 5. The SMILES string of the molecule is NC(=S)N/N=C(\C1SCCCS1)C(NC(=O)O)c1ccc(F)cc1. The fourth-order valence-corrected chi connectivity index (χ4v) is 5.10. The van der Waals surface area contributed by atoms with Crippen LogP contribution in [0.15, 0.2) is 29.4 Å². The zero-order valence-corrected chi connectivity index (χ0v) is 15.0. The van der Waals surface area contributed by atoms with E-state index in [0.717, 1.165) is 17.9 Å². The number of hydrogen-bond donors (Lipinski definition) is 4. The van der Waals surface area contributed by atoms with Gasteiger partial charge in [0.1, 0.15) is 5.82 Å². The Hall–Kier alpha value is -1.52. The summed E-state index contributed by atoms with van der Waals surface area (Å²) in [6.45, 7) is 0. The number of nitrogens with one attached hydrogen (secondary N) is 2. The fraction of sp³-hybridized carbons (Fsp3) is 0.357. The maximum atomic E-state index is 13.2. The van der Waals surface area contributed by atoms with Crippen molar-refractivity contribution in [3.05, 3.63) is 35.6 Å². The van der Waals surface area contributed by atoms with E-state index in [9.17, 15) is 14.3 Å². The van der Waals surface area contributed by atoms with Gasteiger partial charge >= 0.3 is 6.09 Å². The quantitative estimate of drug-likeness (QED) is 0.349. The molecule has 130 valence electrons. The summed E-state index contributed by atoms with van der Waals surface area (Å²) in [7, 11) is 0. The van der Waals surface area contributed by atoms with E-state index >= 15 is 0 Å². The number of nitrogens with two attached hydrogens (primary N) is 1. The van der Waals surface area contributed by atoms with Gasteiger partial charge in [0.2, 0.25) is 0 Å². The van der Waals surface area contributed by atoms with Gasteiger partial charge in [0.05, 0.1) is 16.3 Å². The van der Waals surface area contributed by atoms with E-state index in [0.29, 0.717) is 11.3 Å². The molecular weight excluding hydrogens is 371 g/mol. The van der Waals surface area contributed by atoms with Gasteiger partial charge in [0.15, 0.2) is 5.11 Å². The van der Waals surface area contributed by atoms with Crippen molar-refractivity contribution in [2.24, 2.45) is 10.8 Å². The standard InChI is InChI=1S/C14H17FN4O2S3/c15-9-4-2-8(3-5-9)10(17-14(20)21)11(18-19-13(16)22)12-23-6-1-7-24-12/h2-5,10,12,17H,1,6-7H2,(H,20,21)(H3,16,19,22)/b18-11-. The molecule has 0 saturated carbocycles. The Morgan fingerprint density at radius 3 is 2.54 bits per heavy atom. The van der Waals surface area contributed by atoms with Crippen molar-refractivity contribution < 1.29 is 14.3 Å². The maximum absolute atomic E-state index is 13.2. The Bertz CT molecular complexity index is 621. The van der Waals surface area contributed by atoms with E-state index in [2.05, 4.69) is 15.8 Å². The first kappa shape index (κ1) is 18.8. The molecule has 1 aliphatic rings. The van der Waals surface area contributed by atoms with Crippen molar-refractivity contribution in [2.75, 3.05) is 11.5 Å². The molecule has 1 aromatic carbocycles. The van der Waals surface area contributed by atoms with Gasteiger partial charge in [0, 0.05) is 0 Å². The van der Waals surface area contributed by atoms with Crippen LogP contribution in [0.25, 0.3) is 0 Å². The molecule has 0 aromatic heterocycles. The van der Waals surface area contributed by atoms with E-state index in [4.69, 9.17) is 18.0 Å². The molecule has 1 atom stereocenters. The zero-order valence-electron chi connectivity index (χ0n) is 12.6. The monoisotopic (exact) mass is 388 g/mol. The summed E-state index contributed by atoms with van der Waals surface area (Å²) in [5, 5.41) is 15.9. The third-order valence-electron chi connectivity index (χ3n) is 3.13.